The molecule has 0 atom stereocenters. The van der Waals surface area contributed by atoms with Crippen LogP contribution in [0.1, 0.15) is 42.5 Å². The van der Waals surface area contributed by atoms with Crippen molar-refractivity contribution in [2.75, 3.05) is 13.1 Å². The molecule has 2 aliphatic carbocycles. The third-order valence-electron chi connectivity index (χ3n) is 4.13. The normalized spacial score (nSPS) is 18.6. The van der Waals surface area contributed by atoms with Crippen molar-refractivity contribution in [3.8, 4) is 0 Å². The Labute approximate surface area is 117 Å². The van der Waals surface area contributed by atoms with Gasteiger partial charge in [0.05, 0.1) is 5.56 Å². The lowest BCUT2D eigenvalue weighted by molar-refractivity contribution is 0.0956. The summed E-state index contributed by atoms with van der Waals surface area (Å²) in [5, 5.41) is 0. The Hall–Kier alpha value is -1.29. The first-order chi connectivity index (χ1) is 9.65. The second-order valence-electron chi connectivity index (χ2n) is 5.94. The fraction of sp³-hybridized carbons (Fsp3) is 0.562. The van der Waals surface area contributed by atoms with Crippen LogP contribution in [-0.4, -0.2) is 29.8 Å². The van der Waals surface area contributed by atoms with Gasteiger partial charge in [0, 0.05) is 25.6 Å². The maximum Gasteiger partial charge on any atom is 0.169 e. The van der Waals surface area contributed by atoms with Crippen molar-refractivity contribution in [3.63, 3.8) is 0 Å². The van der Waals surface area contributed by atoms with Crippen LogP contribution in [0.5, 0.6) is 0 Å². The number of rotatable bonds is 7. The molecule has 0 aliphatic heterocycles. The zero-order valence-corrected chi connectivity index (χ0v) is 11.4. The highest BCUT2D eigenvalue weighted by Gasteiger charge is 2.33. The number of nitrogens with zero attached hydrogens (tertiary/aromatic N) is 1. The fourth-order valence-electron chi connectivity index (χ4n) is 2.59. The molecule has 0 N–H and O–H groups in total. The molecule has 0 saturated heterocycles. The van der Waals surface area contributed by atoms with Gasteiger partial charge < -0.3 is 0 Å². The van der Waals surface area contributed by atoms with Gasteiger partial charge in [0.15, 0.2) is 17.4 Å². The van der Waals surface area contributed by atoms with Crippen molar-refractivity contribution < 1.29 is 13.6 Å². The summed E-state index contributed by atoms with van der Waals surface area (Å²) in [5.41, 5.74) is -0.118. The largest absolute Gasteiger partial charge is 0.300 e. The zero-order valence-electron chi connectivity index (χ0n) is 11.4. The van der Waals surface area contributed by atoms with Gasteiger partial charge in [-0.2, -0.15) is 0 Å². The Morgan fingerprint density at radius 2 is 1.95 bits per heavy atom. The molecule has 0 spiro atoms. The van der Waals surface area contributed by atoms with E-state index < -0.39 is 11.6 Å². The van der Waals surface area contributed by atoms with E-state index in [1.54, 1.807) is 0 Å². The van der Waals surface area contributed by atoms with E-state index in [0.29, 0.717) is 12.6 Å². The number of Topliss-reactive ketones (excluding diaryl/α,β-unsaturated/α-hetero) is 1. The molecule has 2 saturated carbocycles. The van der Waals surface area contributed by atoms with Gasteiger partial charge in [-0.15, -0.1) is 0 Å². The van der Waals surface area contributed by atoms with Crippen LogP contribution in [0.4, 0.5) is 8.78 Å². The number of carbonyl (C=O) groups is 1. The van der Waals surface area contributed by atoms with E-state index in [4.69, 9.17) is 0 Å². The summed E-state index contributed by atoms with van der Waals surface area (Å²) in [6, 6.07) is 4.40. The van der Waals surface area contributed by atoms with Crippen molar-refractivity contribution >= 4 is 5.78 Å². The smallest absolute Gasteiger partial charge is 0.169 e. The molecule has 4 heteroatoms. The van der Waals surface area contributed by atoms with E-state index in [9.17, 15) is 13.6 Å². The molecule has 0 bridgehead atoms. The predicted octanol–water partition coefficient (Wildman–Crippen LogP) is 3.41. The summed E-state index contributed by atoms with van der Waals surface area (Å²) < 4.78 is 26.7. The number of halogens is 2. The maximum atomic E-state index is 13.6. The molecule has 0 amide bonds. The summed E-state index contributed by atoms with van der Waals surface area (Å²) in [6.45, 7) is 1.72. The molecule has 108 valence electrons. The lowest BCUT2D eigenvalue weighted by atomic mass is 10.1. The second-order valence-corrected chi connectivity index (χ2v) is 5.94. The van der Waals surface area contributed by atoms with Crippen LogP contribution in [0.25, 0.3) is 0 Å². The Kier molecular flexibility index (Phi) is 3.83. The Balaban J connectivity index is 1.58. The first-order valence-corrected chi connectivity index (χ1v) is 7.36. The highest BCUT2D eigenvalue weighted by Crippen LogP contribution is 2.34. The average Bonchev–Trinajstić information content (AvgIpc) is 3.29. The molecule has 0 heterocycles. The minimum Gasteiger partial charge on any atom is -0.300 e. The summed E-state index contributed by atoms with van der Waals surface area (Å²) in [4.78, 5) is 14.4. The summed E-state index contributed by atoms with van der Waals surface area (Å²) >= 11 is 0. The number of benzene rings is 1. The van der Waals surface area contributed by atoms with Crippen LogP contribution in [0.15, 0.2) is 18.2 Å². The minimum absolute atomic E-state index is 0.118. The van der Waals surface area contributed by atoms with Crippen molar-refractivity contribution in [2.45, 2.75) is 38.1 Å². The van der Waals surface area contributed by atoms with Crippen LogP contribution < -0.4 is 0 Å². The zero-order chi connectivity index (χ0) is 14.1. The quantitative estimate of drug-likeness (QED) is 0.713. The monoisotopic (exact) mass is 279 g/mol. The predicted molar refractivity (Wildman–Crippen MR) is 72.6 cm³/mol. The van der Waals surface area contributed by atoms with Crippen molar-refractivity contribution in [3.05, 3.63) is 35.4 Å². The van der Waals surface area contributed by atoms with Crippen molar-refractivity contribution in [1.29, 1.82) is 0 Å². The molecule has 20 heavy (non-hydrogen) atoms. The molecule has 0 aromatic heterocycles. The molecular weight excluding hydrogens is 260 g/mol. The van der Waals surface area contributed by atoms with E-state index in [0.717, 1.165) is 18.5 Å². The molecule has 2 fully saturated rings. The van der Waals surface area contributed by atoms with Crippen LogP contribution in [0, 0.1) is 17.6 Å². The average molecular weight is 279 g/mol. The SMILES string of the molecule is O=C(CCN(CC1CC1)C1CC1)c1cccc(F)c1F. The van der Waals surface area contributed by atoms with E-state index in [1.165, 1.54) is 37.8 Å². The minimum atomic E-state index is -1.02. The third-order valence-corrected chi connectivity index (χ3v) is 4.13. The topological polar surface area (TPSA) is 20.3 Å². The van der Waals surface area contributed by atoms with Crippen LogP contribution in [0.2, 0.25) is 0 Å². The molecular formula is C16H19F2NO. The molecule has 2 nitrogen and oxygen atoms in total. The van der Waals surface area contributed by atoms with Crippen LogP contribution in [-0.2, 0) is 0 Å². The van der Waals surface area contributed by atoms with Gasteiger partial charge in [0.2, 0.25) is 0 Å². The molecule has 1 aromatic rings. The highest BCUT2D eigenvalue weighted by atomic mass is 19.2. The lowest BCUT2D eigenvalue weighted by Gasteiger charge is -2.21. The summed E-state index contributed by atoms with van der Waals surface area (Å²) in [6.07, 6.45) is 5.25. The molecule has 2 aliphatic rings. The lowest BCUT2D eigenvalue weighted by Crippen LogP contribution is -2.30. The Bertz CT molecular complexity index is 509. The van der Waals surface area contributed by atoms with Crippen molar-refractivity contribution in [2.24, 2.45) is 5.92 Å². The van der Waals surface area contributed by atoms with Gasteiger partial charge in [-0.05, 0) is 43.7 Å². The van der Waals surface area contributed by atoms with Gasteiger partial charge >= 0.3 is 0 Å². The van der Waals surface area contributed by atoms with Gasteiger partial charge in [-0.1, -0.05) is 6.07 Å². The third kappa shape index (κ3) is 3.23. The first-order valence-electron chi connectivity index (χ1n) is 7.36. The molecule has 0 unspecified atom stereocenters. The van der Waals surface area contributed by atoms with Gasteiger partial charge in [-0.25, -0.2) is 8.78 Å². The summed E-state index contributed by atoms with van der Waals surface area (Å²) in [7, 11) is 0. The second kappa shape index (κ2) is 5.60. The molecule has 1 aromatic carbocycles. The van der Waals surface area contributed by atoms with Gasteiger partial charge in [-0.3, -0.25) is 9.69 Å². The van der Waals surface area contributed by atoms with Crippen LogP contribution in [0.3, 0.4) is 0 Å². The number of carbonyl (C=O) groups excluding carboxylic acids is 1. The van der Waals surface area contributed by atoms with E-state index >= 15 is 0 Å². The van der Waals surface area contributed by atoms with Gasteiger partial charge in [0.1, 0.15) is 0 Å². The first kappa shape index (κ1) is 13.7. The number of hydrogen-bond acceptors (Lipinski definition) is 2. The highest BCUT2D eigenvalue weighted by molar-refractivity contribution is 5.96. The maximum absolute atomic E-state index is 13.6. The molecule has 3 rings (SSSR count). The van der Waals surface area contributed by atoms with Gasteiger partial charge in [0.25, 0.3) is 0 Å². The van der Waals surface area contributed by atoms with E-state index in [-0.39, 0.29) is 17.8 Å². The Morgan fingerprint density at radius 1 is 1.20 bits per heavy atom. The Morgan fingerprint density at radius 3 is 2.60 bits per heavy atom. The van der Waals surface area contributed by atoms with E-state index in [1.807, 2.05) is 0 Å². The number of hydrogen-bond donors (Lipinski definition) is 0. The van der Waals surface area contributed by atoms with E-state index in [2.05, 4.69) is 4.90 Å². The number of ketones is 1. The fourth-order valence-corrected chi connectivity index (χ4v) is 2.59. The van der Waals surface area contributed by atoms with Crippen LogP contribution >= 0.6 is 0 Å². The standard InChI is InChI=1S/C16H19F2NO/c17-14-3-1-2-13(16(14)18)15(20)8-9-19(12-6-7-12)10-11-4-5-11/h1-3,11-12H,4-10H2. The molecule has 0 radical (unpaired) electrons. The summed E-state index contributed by atoms with van der Waals surface area (Å²) in [5.74, 6) is -1.48. The van der Waals surface area contributed by atoms with Crippen molar-refractivity contribution in [1.82, 2.24) is 4.90 Å².